The summed E-state index contributed by atoms with van der Waals surface area (Å²) in [5.41, 5.74) is 3.03. The zero-order chi connectivity index (χ0) is 45.2. The Bertz CT molecular complexity index is 1920. The normalized spacial score (nSPS) is 20.8. The van der Waals surface area contributed by atoms with E-state index in [0.29, 0.717) is 0 Å². The number of benzene rings is 2. The van der Waals surface area contributed by atoms with Crippen molar-refractivity contribution in [3.63, 3.8) is 0 Å². The topological polar surface area (TPSA) is 249 Å². The molecule has 0 spiro atoms. The summed E-state index contributed by atoms with van der Waals surface area (Å²) in [5, 5.41) is 9.94. The van der Waals surface area contributed by atoms with E-state index in [0.717, 1.165) is 49.9 Å². The molecule has 2 aliphatic rings. The van der Waals surface area contributed by atoms with Crippen LogP contribution in [0.3, 0.4) is 0 Å². The van der Waals surface area contributed by atoms with E-state index in [2.05, 4.69) is 21.3 Å². The molecular formula is C42H54N4O15. The van der Waals surface area contributed by atoms with E-state index >= 15 is 0 Å². The monoisotopic (exact) mass is 854 g/mol. The molecule has 0 unspecified atom stereocenters. The highest BCUT2D eigenvalue weighted by atomic mass is 16.7. The lowest BCUT2D eigenvalue weighted by molar-refractivity contribution is -0.287. The lowest BCUT2D eigenvalue weighted by Crippen LogP contribution is -2.67. The van der Waals surface area contributed by atoms with E-state index in [-0.39, 0.29) is 12.5 Å². The van der Waals surface area contributed by atoms with Crippen molar-refractivity contribution in [2.45, 2.75) is 123 Å². The fourth-order valence-electron chi connectivity index (χ4n) is 6.88. The minimum absolute atomic E-state index is 0.121. The summed E-state index contributed by atoms with van der Waals surface area (Å²) < 4.78 is 39.4. The molecule has 332 valence electrons. The maximum atomic E-state index is 13.9. The smallest absolute Gasteiger partial charge is 0.407 e. The van der Waals surface area contributed by atoms with Crippen LogP contribution in [0.2, 0.25) is 0 Å². The van der Waals surface area contributed by atoms with E-state index in [4.69, 9.17) is 33.2 Å². The molecule has 1 saturated heterocycles. The first-order chi connectivity index (χ1) is 28.6. The van der Waals surface area contributed by atoms with Gasteiger partial charge in [0.15, 0.2) is 18.5 Å². The van der Waals surface area contributed by atoms with Crippen LogP contribution in [0.15, 0.2) is 48.5 Å². The zero-order valence-corrected chi connectivity index (χ0v) is 35.6. The summed E-state index contributed by atoms with van der Waals surface area (Å²) in [6.07, 6.45) is -8.28. The van der Waals surface area contributed by atoms with E-state index in [1.807, 2.05) is 48.5 Å². The van der Waals surface area contributed by atoms with Gasteiger partial charge < -0.3 is 54.4 Å². The summed E-state index contributed by atoms with van der Waals surface area (Å²) in [7, 11) is 0. The third-order valence-corrected chi connectivity index (χ3v) is 9.35. The standard InChI is InChI=1S/C42H54N4O15/c1-21(39(53)61-42(7,8)9)44-33(51)18-43-38(52)34(46-41(54)56-19-31-29-16-12-10-14-27(29)28-15-11-13-17-30(28)31)22(2)57-40-35(45-23(3)47)37(59-26(6)50)36(58-25(5)49)32(60-40)20-55-24(4)48/h10-17,21-22,31-32,34-37,40H,18-20H2,1-9H3,(H,43,52)(H,44,51)(H,45,47)(H,46,54)/t21-,22-,32+,34-,35+,36-,37+,40-/m0/s1. The number of rotatable bonds is 16. The minimum Gasteiger partial charge on any atom is -0.463 e. The highest BCUT2D eigenvalue weighted by Gasteiger charge is 2.52. The number of ether oxygens (including phenoxy) is 7. The first kappa shape index (κ1) is 47.6. The molecule has 4 N–H and O–H groups in total. The Balaban J connectivity index is 1.60. The Labute approximate surface area is 353 Å². The lowest BCUT2D eigenvalue weighted by atomic mass is 9.95. The highest BCUT2D eigenvalue weighted by Crippen LogP contribution is 2.44. The van der Waals surface area contributed by atoms with Gasteiger partial charge in [-0.3, -0.25) is 28.8 Å². The van der Waals surface area contributed by atoms with Gasteiger partial charge in [0.05, 0.1) is 12.6 Å². The molecule has 8 atom stereocenters. The minimum atomic E-state index is -1.64. The second-order valence-corrected chi connectivity index (χ2v) is 15.5. The second kappa shape index (κ2) is 20.9. The number of alkyl carbamates (subject to hydrolysis) is 1. The molecule has 4 amide bonds. The number of esters is 4. The van der Waals surface area contributed by atoms with Gasteiger partial charge in [-0.25, -0.2) is 9.59 Å². The molecule has 1 heterocycles. The Hall–Kier alpha value is -6.08. The molecule has 2 aromatic rings. The van der Waals surface area contributed by atoms with E-state index < -0.39 is 115 Å². The van der Waals surface area contributed by atoms with Crippen molar-refractivity contribution in [2.75, 3.05) is 19.8 Å². The molecule has 2 aromatic carbocycles. The van der Waals surface area contributed by atoms with E-state index in [1.165, 1.54) is 13.8 Å². The van der Waals surface area contributed by atoms with Crippen molar-refractivity contribution in [3.8, 4) is 11.1 Å². The molecule has 0 aromatic heterocycles. The average Bonchev–Trinajstić information content (AvgIpc) is 3.48. The lowest BCUT2D eigenvalue weighted by Gasteiger charge is -2.45. The average molecular weight is 855 g/mol. The van der Waals surface area contributed by atoms with Crippen LogP contribution in [0.5, 0.6) is 0 Å². The van der Waals surface area contributed by atoms with Crippen LogP contribution < -0.4 is 21.3 Å². The number of fused-ring (bicyclic) bond motifs is 3. The Morgan fingerprint density at radius 1 is 0.738 bits per heavy atom. The maximum Gasteiger partial charge on any atom is 0.407 e. The Morgan fingerprint density at radius 2 is 1.31 bits per heavy atom. The number of carbonyl (C=O) groups excluding carboxylic acids is 8. The van der Waals surface area contributed by atoms with Gasteiger partial charge >= 0.3 is 30.0 Å². The fourth-order valence-corrected chi connectivity index (χ4v) is 6.88. The van der Waals surface area contributed by atoms with E-state index in [1.54, 1.807) is 20.8 Å². The summed E-state index contributed by atoms with van der Waals surface area (Å²) in [6, 6.07) is 11.3. The first-order valence-electron chi connectivity index (χ1n) is 19.6. The predicted octanol–water partition coefficient (Wildman–Crippen LogP) is 1.92. The van der Waals surface area contributed by atoms with Gasteiger partial charge in [0.1, 0.15) is 43.0 Å². The van der Waals surface area contributed by atoms with Crippen LogP contribution in [0, 0.1) is 0 Å². The van der Waals surface area contributed by atoms with Crippen molar-refractivity contribution < 1.29 is 71.5 Å². The quantitative estimate of drug-likeness (QED) is 0.139. The van der Waals surface area contributed by atoms with Gasteiger partial charge in [-0.2, -0.15) is 0 Å². The largest absolute Gasteiger partial charge is 0.463 e. The molecule has 19 nitrogen and oxygen atoms in total. The van der Waals surface area contributed by atoms with Gasteiger partial charge in [0.2, 0.25) is 17.7 Å². The highest BCUT2D eigenvalue weighted by molar-refractivity contribution is 5.91. The summed E-state index contributed by atoms with van der Waals surface area (Å²) in [6.45, 7) is 10.9. The molecule has 1 aliphatic heterocycles. The van der Waals surface area contributed by atoms with Gasteiger partial charge in [-0.1, -0.05) is 48.5 Å². The third-order valence-electron chi connectivity index (χ3n) is 9.35. The zero-order valence-electron chi connectivity index (χ0n) is 35.6. The molecule has 0 saturated carbocycles. The van der Waals surface area contributed by atoms with Gasteiger partial charge in [0, 0.05) is 33.6 Å². The number of carbonyl (C=O) groups is 8. The second-order valence-electron chi connectivity index (χ2n) is 15.5. The van der Waals surface area contributed by atoms with Crippen molar-refractivity contribution in [3.05, 3.63) is 59.7 Å². The molecule has 0 bridgehead atoms. The van der Waals surface area contributed by atoms with Crippen molar-refractivity contribution in [2.24, 2.45) is 0 Å². The number of hydrogen-bond acceptors (Lipinski definition) is 15. The maximum absolute atomic E-state index is 13.9. The van der Waals surface area contributed by atoms with E-state index in [9.17, 15) is 38.4 Å². The number of nitrogens with one attached hydrogen (secondary N) is 4. The van der Waals surface area contributed by atoms with Gasteiger partial charge in [-0.05, 0) is 56.9 Å². The molecule has 4 rings (SSSR count). The molecule has 1 aliphatic carbocycles. The van der Waals surface area contributed by atoms with Crippen LogP contribution in [0.25, 0.3) is 11.1 Å². The van der Waals surface area contributed by atoms with Crippen LogP contribution in [0.4, 0.5) is 4.79 Å². The van der Waals surface area contributed by atoms with Crippen LogP contribution in [-0.2, 0) is 66.7 Å². The van der Waals surface area contributed by atoms with Gasteiger partial charge in [0.25, 0.3) is 0 Å². The first-order valence-corrected chi connectivity index (χ1v) is 19.6. The van der Waals surface area contributed by atoms with Gasteiger partial charge in [-0.15, -0.1) is 0 Å². The summed E-state index contributed by atoms with van der Waals surface area (Å²) >= 11 is 0. The fraction of sp³-hybridized carbons (Fsp3) is 0.524. The number of amides is 4. The SMILES string of the molecule is CC(=O)N[C@H]1[C@@H](O[C@@H](C)[C@H](NC(=O)OCC2c3ccccc3-c3ccccc32)C(=O)NCC(=O)N[C@@H](C)C(=O)OC(C)(C)C)O[C@H](COC(C)=O)[C@H](OC(C)=O)[C@@H]1OC(C)=O. The predicted molar refractivity (Wildman–Crippen MR) is 213 cm³/mol. The molecule has 19 heteroatoms. The summed E-state index contributed by atoms with van der Waals surface area (Å²) in [4.78, 5) is 102. The Morgan fingerprint density at radius 3 is 1.85 bits per heavy atom. The Kier molecular flexibility index (Phi) is 16.3. The molecular weight excluding hydrogens is 800 g/mol. The summed E-state index contributed by atoms with van der Waals surface area (Å²) in [5.74, 6) is -5.79. The van der Waals surface area contributed by atoms with Crippen LogP contribution in [-0.4, -0.2) is 122 Å². The molecule has 0 radical (unpaired) electrons. The molecule has 61 heavy (non-hydrogen) atoms. The van der Waals surface area contributed by atoms with Crippen LogP contribution >= 0.6 is 0 Å². The van der Waals surface area contributed by atoms with Crippen LogP contribution in [0.1, 0.15) is 79.4 Å². The third kappa shape index (κ3) is 13.5. The molecule has 1 fully saturated rings. The van der Waals surface area contributed by atoms with Crippen molar-refractivity contribution in [1.29, 1.82) is 0 Å². The van der Waals surface area contributed by atoms with Crippen molar-refractivity contribution in [1.82, 2.24) is 21.3 Å². The van der Waals surface area contributed by atoms with Crippen molar-refractivity contribution >= 4 is 47.7 Å². The number of hydrogen-bond donors (Lipinski definition) is 4.